The molecule has 0 spiro atoms. The molecule has 22 heavy (non-hydrogen) atoms. The molecular formula is C15H13F3N2O2. The summed E-state index contributed by atoms with van der Waals surface area (Å²) in [6.07, 6.45) is 0. The molecule has 7 heteroatoms. The highest BCUT2D eigenvalue weighted by atomic mass is 19.1. The van der Waals surface area contributed by atoms with Crippen LogP contribution in [0.2, 0.25) is 0 Å². The van der Waals surface area contributed by atoms with Gasteiger partial charge in [-0.3, -0.25) is 4.79 Å². The second-order valence-electron chi connectivity index (χ2n) is 4.41. The number of ether oxygens (including phenoxy) is 1. The molecule has 0 atom stereocenters. The van der Waals surface area contributed by atoms with E-state index in [1.807, 2.05) is 0 Å². The van der Waals surface area contributed by atoms with E-state index in [2.05, 4.69) is 5.32 Å². The molecule has 2 aromatic carbocycles. The largest absolute Gasteiger partial charge is 0.492 e. The van der Waals surface area contributed by atoms with Crippen LogP contribution in [0.4, 0.5) is 18.9 Å². The lowest BCUT2D eigenvalue weighted by Gasteiger charge is -2.10. The number of hydrogen-bond donors (Lipinski definition) is 2. The van der Waals surface area contributed by atoms with Crippen LogP contribution < -0.4 is 15.8 Å². The zero-order valence-electron chi connectivity index (χ0n) is 11.4. The number of anilines is 1. The fraction of sp³-hybridized carbons (Fsp3) is 0.133. The van der Waals surface area contributed by atoms with E-state index < -0.39 is 23.1 Å². The summed E-state index contributed by atoms with van der Waals surface area (Å²) < 4.78 is 44.9. The monoisotopic (exact) mass is 310 g/mol. The number of nitrogens with one attached hydrogen (secondary N) is 1. The lowest BCUT2D eigenvalue weighted by atomic mass is 10.1. The fourth-order valence-corrected chi connectivity index (χ4v) is 1.76. The quantitative estimate of drug-likeness (QED) is 0.806. The standard InChI is InChI=1S/C15H13F3N2O2/c16-9-1-3-10(4-2-9)22-6-5-20-14-7-11(15(19)21)12(17)8-13(14)18/h1-4,7-8,20H,5-6H2,(H2,19,21). The molecule has 0 radical (unpaired) electrons. The first-order valence-corrected chi connectivity index (χ1v) is 6.38. The molecule has 0 fully saturated rings. The maximum absolute atomic E-state index is 13.6. The van der Waals surface area contributed by atoms with Crippen molar-refractivity contribution in [2.24, 2.45) is 5.73 Å². The Morgan fingerprint density at radius 3 is 2.41 bits per heavy atom. The highest BCUT2D eigenvalue weighted by Crippen LogP contribution is 2.19. The Morgan fingerprint density at radius 2 is 1.77 bits per heavy atom. The highest BCUT2D eigenvalue weighted by Gasteiger charge is 2.13. The topological polar surface area (TPSA) is 64.4 Å². The maximum atomic E-state index is 13.6. The van der Waals surface area contributed by atoms with Gasteiger partial charge in [0, 0.05) is 12.6 Å². The first-order valence-electron chi connectivity index (χ1n) is 6.38. The van der Waals surface area contributed by atoms with Crippen molar-refractivity contribution in [1.82, 2.24) is 0 Å². The van der Waals surface area contributed by atoms with Crippen molar-refractivity contribution in [2.75, 3.05) is 18.5 Å². The molecular weight excluding hydrogens is 297 g/mol. The number of amides is 1. The minimum atomic E-state index is -1.02. The molecule has 0 bridgehead atoms. The second kappa shape index (κ2) is 6.84. The Kier molecular flexibility index (Phi) is 4.88. The van der Waals surface area contributed by atoms with Crippen LogP contribution in [0.25, 0.3) is 0 Å². The van der Waals surface area contributed by atoms with Gasteiger partial charge in [0.25, 0.3) is 5.91 Å². The lowest BCUT2D eigenvalue weighted by molar-refractivity contribution is 0.0996. The normalized spacial score (nSPS) is 10.3. The Morgan fingerprint density at radius 1 is 1.09 bits per heavy atom. The highest BCUT2D eigenvalue weighted by molar-refractivity contribution is 5.94. The maximum Gasteiger partial charge on any atom is 0.251 e. The van der Waals surface area contributed by atoms with Crippen molar-refractivity contribution < 1.29 is 22.7 Å². The van der Waals surface area contributed by atoms with Crippen molar-refractivity contribution in [3.8, 4) is 5.75 Å². The van der Waals surface area contributed by atoms with Crippen molar-refractivity contribution in [1.29, 1.82) is 0 Å². The van der Waals surface area contributed by atoms with E-state index in [0.29, 0.717) is 11.8 Å². The first-order chi connectivity index (χ1) is 10.5. The average Bonchev–Trinajstić information content (AvgIpc) is 2.47. The number of hydrogen-bond acceptors (Lipinski definition) is 3. The molecule has 0 aliphatic carbocycles. The van der Waals surface area contributed by atoms with Gasteiger partial charge < -0.3 is 15.8 Å². The lowest BCUT2D eigenvalue weighted by Crippen LogP contribution is -2.16. The molecule has 3 N–H and O–H groups in total. The van der Waals surface area contributed by atoms with Crippen molar-refractivity contribution in [3.05, 3.63) is 59.4 Å². The van der Waals surface area contributed by atoms with Gasteiger partial charge in [-0.15, -0.1) is 0 Å². The predicted octanol–water partition coefficient (Wildman–Crippen LogP) is 2.69. The molecule has 2 aromatic rings. The molecule has 0 saturated carbocycles. The molecule has 0 heterocycles. The van der Waals surface area contributed by atoms with Crippen LogP contribution in [-0.4, -0.2) is 19.1 Å². The van der Waals surface area contributed by atoms with E-state index in [4.69, 9.17) is 10.5 Å². The molecule has 4 nitrogen and oxygen atoms in total. The molecule has 0 aromatic heterocycles. The zero-order chi connectivity index (χ0) is 16.1. The molecule has 0 aliphatic heterocycles. The molecule has 0 saturated heterocycles. The van der Waals surface area contributed by atoms with Gasteiger partial charge >= 0.3 is 0 Å². The van der Waals surface area contributed by atoms with E-state index in [-0.39, 0.29) is 24.7 Å². The van der Waals surface area contributed by atoms with Gasteiger partial charge in [0.15, 0.2) is 0 Å². The molecule has 116 valence electrons. The summed E-state index contributed by atoms with van der Waals surface area (Å²) in [5.41, 5.74) is 4.53. The fourth-order valence-electron chi connectivity index (χ4n) is 1.76. The van der Waals surface area contributed by atoms with Gasteiger partial charge in [0.05, 0.1) is 11.3 Å². The Bertz CT molecular complexity index is 675. The summed E-state index contributed by atoms with van der Waals surface area (Å²) in [4.78, 5) is 11.0. The molecule has 0 aliphatic rings. The zero-order valence-corrected chi connectivity index (χ0v) is 11.4. The molecule has 2 rings (SSSR count). The summed E-state index contributed by atoms with van der Waals surface area (Å²) >= 11 is 0. The van der Waals surface area contributed by atoms with Gasteiger partial charge in [0.2, 0.25) is 0 Å². The number of rotatable bonds is 6. The van der Waals surface area contributed by atoms with E-state index in [0.717, 1.165) is 6.07 Å². The van der Waals surface area contributed by atoms with Crippen LogP contribution in [0.15, 0.2) is 36.4 Å². The third-order valence-corrected chi connectivity index (χ3v) is 2.82. The minimum absolute atomic E-state index is 0.0575. The summed E-state index contributed by atoms with van der Waals surface area (Å²) in [7, 11) is 0. The Labute approximate surface area is 124 Å². The second-order valence-corrected chi connectivity index (χ2v) is 4.41. The molecule has 1 amide bonds. The number of carbonyl (C=O) groups excluding carboxylic acids is 1. The summed E-state index contributed by atoms with van der Waals surface area (Å²) in [5.74, 6) is -2.76. The smallest absolute Gasteiger partial charge is 0.251 e. The van der Waals surface area contributed by atoms with E-state index >= 15 is 0 Å². The van der Waals surface area contributed by atoms with Crippen molar-refractivity contribution in [3.63, 3.8) is 0 Å². The van der Waals surface area contributed by atoms with Crippen molar-refractivity contribution >= 4 is 11.6 Å². The van der Waals surface area contributed by atoms with Gasteiger partial charge in [-0.1, -0.05) is 0 Å². The van der Waals surface area contributed by atoms with Gasteiger partial charge in [-0.05, 0) is 30.3 Å². The van der Waals surface area contributed by atoms with Crippen LogP contribution in [0.5, 0.6) is 5.75 Å². The van der Waals surface area contributed by atoms with Crippen LogP contribution in [0.1, 0.15) is 10.4 Å². The third-order valence-electron chi connectivity index (χ3n) is 2.82. The first kappa shape index (κ1) is 15.7. The number of primary amides is 1. The Hall–Kier alpha value is -2.70. The SMILES string of the molecule is NC(=O)c1cc(NCCOc2ccc(F)cc2)c(F)cc1F. The van der Waals surface area contributed by atoms with Crippen LogP contribution >= 0.6 is 0 Å². The number of nitrogens with two attached hydrogens (primary N) is 1. The number of halogens is 3. The number of benzene rings is 2. The minimum Gasteiger partial charge on any atom is -0.492 e. The average molecular weight is 310 g/mol. The van der Waals surface area contributed by atoms with E-state index in [9.17, 15) is 18.0 Å². The predicted molar refractivity (Wildman–Crippen MR) is 75.3 cm³/mol. The summed E-state index contributed by atoms with van der Waals surface area (Å²) in [6.45, 7) is 0.354. The Balaban J connectivity index is 1.92. The van der Waals surface area contributed by atoms with E-state index in [1.54, 1.807) is 0 Å². The molecule has 0 unspecified atom stereocenters. The third kappa shape index (κ3) is 3.91. The van der Waals surface area contributed by atoms with E-state index in [1.165, 1.54) is 24.3 Å². The summed E-state index contributed by atoms with van der Waals surface area (Å²) in [6, 6.07) is 7.01. The number of carbonyl (C=O) groups is 1. The van der Waals surface area contributed by atoms with Crippen molar-refractivity contribution in [2.45, 2.75) is 0 Å². The van der Waals surface area contributed by atoms with Crippen LogP contribution in [-0.2, 0) is 0 Å². The summed E-state index contributed by atoms with van der Waals surface area (Å²) in [5, 5.41) is 2.67. The van der Waals surface area contributed by atoms with Gasteiger partial charge in [0.1, 0.15) is 29.8 Å². The van der Waals surface area contributed by atoms with Gasteiger partial charge in [-0.25, -0.2) is 13.2 Å². The van der Waals surface area contributed by atoms with Gasteiger partial charge in [-0.2, -0.15) is 0 Å². The van der Waals surface area contributed by atoms with Crippen LogP contribution in [0.3, 0.4) is 0 Å². The van der Waals surface area contributed by atoms with Crippen LogP contribution in [0, 0.1) is 17.5 Å².